The fourth-order valence-electron chi connectivity index (χ4n) is 1.56. The molecule has 0 aliphatic carbocycles. The van der Waals surface area contributed by atoms with Gasteiger partial charge < -0.3 is 5.73 Å². The minimum atomic E-state index is -0.336. The number of carbonyl (C=O) groups excluding carboxylic acids is 2. The second-order valence-electron chi connectivity index (χ2n) is 3.74. The summed E-state index contributed by atoms with van der Waals surface area (Å²) in [4.78, 5) is 25.0. The zero-order chi connectivity index (χ0) is 13.1. The van der Waals surface area contributed by atoms with Crippen molar-refractivity contribution in [1.82, 2.24) is 4.90 Å². The van der Waals surface area contributed by atoms with Crippen LogP contribution in [0.1, 0.15) is 5.56 Å². The van der Waals surface area contributed by atoms with E-state index in [-0.39, 0.29) is 17.0 Å². The molecule has 94 valence electrons. The van der Waals surface area contributed by atoms with Gasteiger partial charge in [-0.3, -0.25) is 14.5 Å². The average molecular weight is 267 g/mol. The van der Waals surface area contributed by atoms with E-state index in [1.165, 1.54) is 17.0 Å². The van der Waals surface area contributed by atoms with Crippen molar-refractivity contribution < 1.29 is 19.7 Å². The third kappa shape index (κ3) is 2.60. The van der Waals surface area contributed by atoms with E-state index in [2.05, 4.69) is 5.73 Å². The van der Waals surface area contributed by atoms with E-state index in [9.17, 15) is 14.0 Å². The number of rotatable bonds is 3. The Labute approximate surface area is 108 Å². The summed E-state index contributed by atoms with van der Waals surface area (Å²) in [5, 5.41) is -0.281. The predicted molar refractivity (Wildman–Crippen MR) is 66.8 cm³/mol. The molecular formula is C12H12FN2O2S+. The lowest BCUT2D eigenvalue weighted by Crippen LogP contribution is -2.55. The van der Waals surface area contributed by atoms with E-state index < -0.39 is 0 Å². The van der Waals surface area contributed by atoms with Crippen LogP contribution in [-0.2, 0) is 4.79 Å². The first-order valence-corrected chi connectivity index (χ1v) is 6.23. The van der Waals surface area contributed by atoms with Crippen LogP contribution in [0.25, 0.3) is 6.08 Å². The second kappa shape index (κ2) is 5.32. The van der Waals surface area contributed by atoms with Crippen LogP contribution < -0.4 is 5.73 Å². The molecule has 0 spiro atoms. The number of benzene rings is 1. The fraction of sp³-hybridized carbons (Fsp3) is 0.167. The van der Waals surface area contributed by atoms with E-state index in [4.69, 9.17) is 0 Å². The number of carbonyl (C=O) groups is 2. The number of imide groups is 1. The highest BCUT2D eigenvalue weighted by Gasteiger charge is 2.34. The SMILES string of the molecule is [NH3+]CCN1C(=O)S/C(=C/c2ccc(F)cc2)C1=O. The second-order valence-corrected chi connectivity index (χ2v) is 4.73. The molecule has 1 aliphatic rings. The smallest absolute Gasteiger partial charge is 0.293 e. The largest absolute Gasteiger partial charge is 0.356 e. The highest BCUT2D eigenvalue weighted by Crippen LogP contribution is 2.31. The number of hydrogen-bond acceptors (Lipinski definition) is 3. The Kier molecular flexibility index (Phi) is 3.78. The highest BCUT2D eigenvalue weighted by molar-refractivity contribution is 8.18. The maximum Gasteiger partial charge on any atom is 0.293 e. The predicted octanol–water partition coefficient (Wildman–Crippen LogP) is 1.10. The highest BCUT2D eigenvalue weighted by atomic mass is 32.2. The van der Waals surface area contributed by atoms with E-state index in [0.717, 1.165) is 11.8 Å². The van der Waals surface area contributed by atoms with E-state index in [0.29, 0.717) is 23.6 Å². The van der Waals surface area contributed by atoms with Crippen molar-refractivity contribution in [3.63, 3.8) is 0 Å². The molecule has 2 amide bonds. The molecule has 4 nitrogen and oxygen atoms in total. The Morgan fingerprint density at radius 2 is 1.94 bits per heavy atom. The van der Waals surface area contributed by atoms with Gasteiger partial charge in [0.05, 0.1) is 18.0 Å². The molecule has 2 rings (SSSR count). The lowest BCUT2D eigenvalue weighted by Gasteiger charge is -2.08. The van der Waals surface area contributed by atoms with Gasteiger partial charge in [0.25, 0.3) is 11.1 Å². The van der Waals surface area contributed by atoms with Gasteiger partial charge in [-0.25, -0.2) is 4.39 Å². The Morgan fingerprint density at radius 3 is 2.56 bits per heavy atom. The molecule has 1 saturated heterocycles. The summed E-state index contributed by atoms with van der Waals surface area (Å²) in [5.41, 5.74) is 4.31. The van der Waals surface area contributed by atoms with Crippen LogP contribution in [-0.4, -0.2) is 29.1 Å². The van der Waals surface area contributed by atoms with Crippen LogP contribution in [0.3, 0.4) is 0 Å². The summed E-state index contributed by atoms with van der Waals surface area (Å²) >= 11 is 0.898. The Bertz CT molecular complexity index is 513. The maximum absolute atomic E-state index is 12.7. The summed E-state index contributed by atoms with van der Waals surface area (Å²) in [6, 6.07) is 5.74. The molecule has 6 heteroatoms. The summed E-state index contributed by atoms with van der Waals surface area (Å²) < 4.78 is 12.7. The summed E-state index contributed by atoms with van der Waals surface area (Å²) in [6.45, 7) is 0.813. The third-order valence-electron chi connectivity index (χ3n) is 2.42. The molecule has 0 saturated carbocycles. The lowest BCUT2D eigenvalue weighted by molar-refractivity contribution is -0.367. The number of quaternary nitrogens is 1. The van der Waals surface area contributed by atoms with Crippen molar-refractivity contribution in [3.05, 3.63) is 40.6 Å². The van der Waals surface area contributed by atoms with Gasteiger partial charge in [0.1, 0.15) is 5.82 Å². The van der Waals surface area contributed by atoms with Crippen molar-refractivity contribution in [1.29, 1.82) is 0 Å². The van der Waals surface area contributed by atoms with Gasteiger partial charge in [0.2, 0.25) is 0 Å². The van der Waals surface area contributed by atoms with Crippen molar-refractivity contribution in [2.75, 3.05) is 13.1 Å². The molecule has 1 aromatic carbocycles. The van der Waals surface area contributed by atoms with Gasteiger partial charge in [0, 0.05) is 0 Å². The topological polar surface area (TPSA) is 65.0 Å². The first-order chi connectivity index (χ1) is 8.61. The zero-order valence-corrected chi connectivity index (χ0v) is 10.4. The molecule has 18 heavy (non-hydrogen) atoms. The standard InChI is InChI=1S/C12H11FN2O2S/c13-9-3-1-8(2-4-9)7-10-11(16)15(6-5-14)12(17)18-10/h1-4,7H,5-6,14H2/p+1/b10-7+. The summed E-state index contributed by atoms with van der Waals surface area (Å²) in [7, 11) is 0. The molecule has 3 N–H and O–H groups in total. The maximum atomic E-state index is 12.7. The normalized spacial score (nSPS) is 17.9. The number of hydrogen-bond donors (Lipinski definition) is 1. The van der Waals surface area contributed by atoms with E-state index in [1.54, 1.807) is 18.2 Å². The number of nitrogens with zero attached hydrogens (tertiary/aromatic N) is 1. The molecule has 1 aliphatic heterocycles. The molecule has 1 heterocycles. The van der Waals surface area contributed by atoms with Crippen molar-refractivity contribution in [3.8, 4) is 0 Å². The third-order valence-corrected chi connectivity index (χ3v) is 3.33. The quantitative estimate of drug-likeness (QED) is 0.834. The molecule has 0 bridgehead atoms. The van der Waals surface area contributed by atoms with E-state index in [1.807, 2.05) is 0 Å². The van der Waals surface area contributed by atoms with Gasteiger partial charge >= 0.3 is 0 Å². The minimum Gasteiger partial charge on any atom is -0.356 e. The Balaban J connectivity index is 2.22. The van der Waals surface area contributed by atoms with Crippen LogP contribution in [0, 0.1) is 5.82 Å². The van der Waals surface area contributed by atoms with Crippen LogP contribution in [0.2, 0.25) is 0 Å². The van der Waals surface area contributed by atoms with Gasteiger partial charge in [0.15, 0.2) is 0 Å². The molecule has 0 atom stereocenters. The monoisotopic (exact) mass is 267 g/mol. The van der Waals surface area contributed by atoms with E-state index >= 15 is 0 Å². The molecule has 0 radical (unpaired) electrons. The fourth-order valence-corrected chi connectivity index (χ4v) is 2.43. The first kappa shape index (κ1) is 12.8. The molecular weight excluding hydrogens is 255 g/mol. The average Bonchev–Trinajstić information content (AvgIpc) is 2.60. The summed E-state index contributed by atoms with van der Waals surface area (Å²) in [6.07, 6.45) is 1.59. The van der Waals surface area contributed by atoms with Gasteiger partial charge in [-0.15, -0.1) is 0 Å². The minimum absolute atomic E-state index is 0.281. The van der Waals surface area contributed by atoms with Gasteiger partial charge in [-0.05, 0) is 35.5 Å². The van der Waals surface area contributed by atoms with Crippen molar-refractivity contribution in [2.24, 2.45) is 0 Å². The first-order valence-electron chi connectivity index (χ1n) is 5.42. The van der Waals surface area contributed by atoms with Crippen LogP contribution in [0.5, 0.6) is 0 Å². The molecule has 1 aromatic rings. The Morgan fingerprint density at radius 1 is 1.28 bits per heavy atom. The lowest BCUT2D eigenvalue weighted by atomic mass is 10.2. The Hall–Kier alpha value is -1.66. The van der Waals surface area contributed by atoms with Crippen LogP contribution in [0.4, 0.5) is 9.18 Å². The van der Waals surface area contributed by atoms with Gasteiger partial charge in [-0.2, -0.15) is 0 Å². The van der Waals surface area contributed by atoms with Crippen LogP contribution in [0.15, 0.2) is 29.2 Å². The molecule has 0 aromatic heterocycles. The molecule has 0 unspecified atom stereocenters. The van der Waals surface area contributed by atoms with Crippen molar-refractivity contribution in [2.45, 2.75) is 0 Å². The van der Waals surface area contributed by atoms with Crippen molar-refractivity contribution >= 4 is 29.0 Å². The summed E-state index contributed by atoms with van der Waals surface area (Å²) in [5.74, 6) is -0.643. The molecule has 1 fully saturated rings. The number of thioether (sulfide) groups is 1. The van der Waals surface area contributed by atoms with Gasteiger partial charge in [-0.1, -0.05) is 12.1 Å². The number of halogens is 1. The number of amides is 2. The van der Waals surface area contributed by atoms with Crippen LogP contribution >= 0.6 is 11.8 Å². The zero-order valence-electron chi connectivity index (χ0n) is 9.56.